The lowest BCUT2D eigenvalue weighted by atomic mass is 10.2. The topological polar surface area (TPSA) is 23.5 Å². The molecule has 0 aromatic carbocycles. The molecule has 0 saturated carbocycles. The van der Waals surface area contributed by atoms with Crippen molar-refractivity contribution in [2.24, 2.45) is 0 Å². The summed E-state index contributed by atoms with van der Waals surface area (Å²) in [6.07, 6.45) is -3.50. The monoisotopic (exact) mass is 213 g/mol. The maximum Gasteiger partial charge on any atom is 0.401 e. The van der Waals surface area contributed by atoms with E-state index in [2.05, 4.69) is 0 Å². The van der Waals surface area contributed by atoms with Crippen molar-refractivity contribution in [2.75, 3.05) is 19.6 Å². The first-order valence-corrected chi connectivity index (χ1v) is 4.86. The second-order valence-electron chi connectivity index (χ2n) is 3.39. The minimum atomic E-state index is -4.18. The molecule has 0 heterocycles. The van der Waals surface area contributed by atoms with E-state index < -0.39 is 18.8 Å². The van der Waals surface area contributed by atoms with E-state index in [1.54, 1.807) is 6.92 Å². The van der Waals surface area contributed by atoms with Crippen LogP contribution in [-0.2, 0) is 0 Å². The maximum absolute atomic E-state index is 12.0. The molecular weight excluding hydrogens is 195 g/mol. The molecule has 5 heteroatoms. The number of halogens is 3. The summed E-state index contributed by atoms with van der Waals surface area (Å²) in [5, 5.41) is 9.34. The molecule has 0 bridgehead atoms. The molecule has 0 aliphatic carbocycles. The quantitative estimate of drug-likeness (QED) is 0.729. The number of alkyl halides is 3. The minimum Gasteiger partial charge on any atom is -0.392 e. The van der Waals surface area contributed by atoms with Crippen LogP contribution < -0.4 is 0 Å². The number of aliphatic hydroxyl groups excluding tert-OH is 1. The molecule has 0 aromatic heterocycles. The molecule has 1 unspecified atom stereocenters. The van der Waals surface area contributed by atoms with Gasteiger partial charge in [0.25, 0.3) is 0 Å². The van der Waals surface area contributed by atoms with E-state index in [4.69, 9.17) is 0 Å². The largest absolute Gasteiger partial charge is 0.401 e. The third-order valence-corrected chi connectivity index (χ3v) is 1.94. The zero-order valence-electron chi connectivity index (χ0n) is 8.64. The van der Waals surface area contributed by atoms with Gasteiger partial charge in [-0.3, -0.25) is 4.90 Å². The Hall–Kier alpha value is -0.290. The van der Waals surface area contributed by atoms with Crippen LogP contribution in [0.15, 0.2) is 0 Å². The Bertz CT molecular complexity index is 149. The van der Waals surface area contributed by atoms with Crippen LogP contribution in [0.2, 0.25) is 0 Å². The second kappa shape index (κ2) is 6.24. The fraction of sp³-hybridized carbons (Fsp3) is 1.00. The predicted octanol–water partition coefficient (Wildman–Crippen LogP) is 2.03. The van der Waals surface area contributed by atoms with E-state index in [0.717, 1.165) is 6.42 Å². The molecule has 0 aliphatic rings. The third-order valence-electron chi connectivity index (χ3n) is 1.94. The first-order chi connectivity index (χ1) is 6.39. The van der Waals surface area contributed by atoms with Crippen LogP contribution in [0.25, 0.3) is 0 Å². The molecule has 1 N–H and O–H groups in total. The van der Waals surface area contributed by atoms with Gasteiger partial charge in [-0.2, -0.15) is 13.2 Å². The number of hydrogen-bond donors (Lipinski definition) is 1. The van der Waals surface area contributed by atoms with Gasteiger partial charge < -0.3 is 5.11 Å². The SMILES string of the molecule is CCCC(O)CN(CC)CC(F)(F)F. The highest BCUT2D eigenvalue weighted by atomic mass is 19.4. The van der Waals surface area contributed by atoms with Crippen molar-refractivity contribution in [3.05, 3.63) is 0 Å². The molecule has 0 aromatic rings. The van der Waals surface area contributed by atoms with Gasteiger partial charge in [0.15, 0.2) is 0 Å². The molecule has 0 radical (unpaired) electrons. The molecular formula is C9H18F3NO. The summed E-state index contributed by atoms with van der Waals surface area (Å²) in [5.74, 6) is 0. The van der Waals surface area contributed by atoms with E-state index >= 15 is 0 Å². The highest BCUT2D eigenvalue weighted by Gasteiger charge is 2.30. The van der Waals surface area contributed by atoms with Crippen LogP contribution in [0, 0.1) is 0 Å². The standard InChI is InChI=1S/C9H18F3NO/c1-3-5-8(14)6-13(4-2)7-9(10,11)12/h8,14H,3-7H2,1-2H3. The van der Waals surface area contributed by atoms with Crippen molar-refractivity contribution < 1.29 is 18.3 Å². The summed E-state index contributed by atoms with van der Waals surface area (Å²) < 4.78 is 36.0. The molecule has 0 saturated heterocycles. The Morgan fingerprint density at radius 2 is 1.86 bits per heavy atom. The van der Waals surface area contributed by atoms with Crippen LogP contribution in [0.3, 0.4) is 0 Å². The van der Waals surface area contributed by atoms with Crippen molar-refractivity contribution in [3.63, 3.8) is 0 Å². The van der Waals surface area contributed by atoms with Crippen molar-refractivity contribution in [1.29, 1.82) is 0 Å². The number of aliphatic hydroxyl groups is 1. The van der Waals surface area contributed by atoms with E-state index in [0.29, 0.717) is 13.0 Å². The number of likely N-dealkylation sites (N-methyl/N-ethyl adjacent to an activating group) is 1. The fourth-order valence-electron chi connectivity index (χ4n) is 1.28. The Balaban J connectivity index is 3.90. The summed E-state index contributed by atoms with van der Waals surface area (Å²) in [6.45, 7) is 3.02. The van der Waals surface area contributed by atoms with Gasteiger partial charge in [-0.05, 0) is 13.0 Å². The number of rotatable bonds is 6. The molecule has 0 amide bonds. The highest BCUT2D eigenvalue weighted by Crippen LogP contribution is 2.16. The summed E-state index contributed by atoms with van der Waals surface area (Å²) in [7, 11) is 0. The van der Waals surface area contributed by atoms with Gasteiger partial charge in [-0.25, -0.2) is 0 Å². The van der Waals surface area contributed by atoms with Crippen molar-refractivity contribution in [1.82, 2.24) is 4.90 Å². The molecule has 0 fully saturated rings. The molecule has 0 rings (SSSR count). The molecule has 0 spiro atoms. The molecule has 0 aliphatic heterocycles. The normalized spacial score (nSPS) is 14.8. The smallest absolute Gasteiger partial charge is 0.392 e. The summed E-state index contributed by atoms with van der Waals surface area (Å²) in [4.78, 5) is 1.21. The Morgan fingerprint density at radius 3 is 2.21 bits per heavy atom. The van der Waals surface area contributed by atoms with Gasteiger partial charge in [0.1, 0.15) is 0 Å². The van der Waals surface area contributed by atoms with Crippen LogP contribution in [0.5, 0.6) is 0 Å². The zero-order chi connectivity index (χ0) is 11.2. The third kappa shape index (κ3) is 7.15. The first-order valence-electron chi connectivity index (χ1n) is 4.86. The van der Waals surface area contributed by atoms with Crippen molar-refractivity contribution in [2.45, 2.75) is 39.0 Å². The molecule has 2 nitrogen and oxygen atoms in total. The second-order valence-corrected chi connectivity index (χ2v) is 3.39. The van der Waals surface area contributed by atoms with Gasteiger partial charge >= 0.3 is 6.18 Å². The van der Waals surface area contributed by atoms with Gasteiger partial charge in [0, 0.05) is 6.54 Å². The molecule has 14 heavy (non-hydrogen) atoms. The summed E-state index contributed by atoms with van der Waals surface area (Å²) >= 11 is 0. The minimum absolute atomic E-state index is 0.101. The van der Waals surface area contributed by atoms with Crippen molar-refractivity contribution >= 4 is 0 Å². The average molecular weight is 213 g/mol. The molecule has 1 atom stereocenters. The lowest BCUT2D eigenvalue weighted by molar-refractivity contribution is -0.148. The maximum atomic E-state index is 12.0. The fourth-order valence-corrected chi connectivity index (χ4v) is 1.28. The van der Waals surface area contributed by atoms with Gasteiger partial charge in [0.05, 0.1) is 12.6 Å². The van der Waals surface area contributed by atoms with Crippen LogP contribution in [0.4, 0.5) is 13.2 Å². The van der Waals surface area contributed by atoms with E-state index in [1.807, 2.05) is 6.92 Å². The predicted molar refractivity (Wildman–Crippen MR) is 49.1 cm³/mol. The van der Waals surface area contributed by atoms with Gasteiger partial charge in [-0.15, -0.1) is 0 Å². The zero-order valence-corrected chi connectivity index (χ0v) is 8.64. The highest BCUT2D eigenvalue weighted by molar-refractivity contribution is 4.66. The van der Waals surface area contributed by atoms with E-state index in [-0.39, 0.29) is 6.54 Å². The number of hydrogen-bond acceptors (Lipinski definition) is 2. The van der Waals surface area contributed by atoms with Crippen molar-refractivity contribution in [3.8, 4) is 0 Å². The van der Waals surface area contributed by atoms with Gasteiger partial charge in [0.2, 0.25) is 0 Å². The summed E-state index contributed by atoms with van der Waals surface area (Å²) in [5.41, 5.74) is 0. The van der Waals surface area contributed by atoms with Gasteiger partial charge in [-0.1, -0.05) is 20.3 Å². The summed E-state index contributed by atoms with van der Waals surface area (Å²) in [6, 6.07) is 0. The van der Waals surface area contributed by atoms with Crippen LogP contribution in [0.1, 0.15) is 26.7 Å². The Morgan fingerprint density at radius 1 is 1.29 bits per heavy atom. The molecule has 86 valence electrons. The van der Waals surface area contributed by atoms with Crippen LogP contribution in [-0.4, -0.2) is 41.9 Å². The first kappa shape index (κ1) is 13.7. The Kier molecular flexibility index (Phi) is 6.11. The average Bonchev–Trinajstić information content (AvgIpc) is 2.01. The van der Waals surface area contributed by atoms with E-state index in [9.17, 15) is 18.3 Å². The van der Waals surface area contributed by atoms with E-state index in [1.165, 1.54) is 4.90 Å². The number of nitrogens with zero attached hydrogens (tertiary/aromatic N) is 1. The Labute approximate surface area is 82.7 Å². The lowest BCUT2D eigenvalue weighted by Crippen LogP contribution is -2.39. The lowest BCUT2D eigenvalue weighted by Gasteiger charge is -2.24. The van der Waals surface area contributed by atoms with Crippen LogP contribution >= 0.6 is 0 Å².